The lowest BCUT2D eigenvalue weighted by Gasteiger charge is -2.33. The van der Waals surface area contributed by atoms with Gasteiger partial charge in [0.25, 0.3) is 5.91 Å². The largest absolute Gasteiger partial charge is 0.378 e. The summed E-state index contributed by atoms with van der Waals surface area (Å²) >= 11 is 1.14. The molecule has 4 rings (SSSR count). The van der Waals surface area contributed by atoms with Gasteiger partial charge in [-0.15, -0.1) is 0 Å². The van der Waals surface area contributed by atoms with Crippen molar-refractivity contribution in [1.29, 1.82) is 0 Å². The molecule has 0 saturated carbocycles. The molecule has 0 aromatic carbocycles. The number of thiazole rings is 1. The molecule has 0 atom stereocenters. The molecule has 2 aromatic heterocycles. The van der Waals surface area contributed by atoms with E-state index < -0.39 is 15.9 Å². The first-order chi connectivity index (χ1) is 14.5. The molecule has 0 aliphatic carbocycles. The summed E-state index contributed by atoms with van der Waals surface area (Å²) in [7, 11) is -3.64. The Labute approximate surface area is 177 Å². The Morgan fingerprint density at radius 1 is 1.03 bits per heavy atom. The van der Waals surface area contributed by atoms with Crippen molar-refractivity contribution in [2.24, 2.45) is 0 Å². The highest BCUT2D eigenvalue weighted by Gasteiger charge is 2.30. The van der Waals surface area contributed by atoms with E-state index in [4.69, 9.17) is 9.94 Å². The summed E-state index contributed by atoms with van der Waals surface area (Å²) in [5.74, 6) is 0.126. The minimum atomic E-state index is -3.64. The second kappa shape index (κ2) is 8.81. The highest BCUT2D eigenvalue weighted by atomic mass is 32.2. The number of sulfonamides is 1. The van der Waals surface area contributed by atoms with Gasteiger partial charge in [-0.1, -0.05) is 11.3 Å². The van der Waals surface area contributed by atoms with Crippen molar-refractivity contribution in [3.8, 4) is 0 Å². The Bertz CT molecular complexity index is 982. The summed E-state index contributed by atoms with van der Waals surface area (Å²) < 4.78 is 32.7. The summed E-state index contributed by atoms with van der Waals surface area (Å²) in [6.45, 7) is 4.25. The molecule has 13 heteroatoms. The van der Waals surface area contributed by atoms with Crippen LogP contribution in [0.15, 0.2) is 29.4 Å². The topological polar surface area (TPSA) is 128 Å². The third-order valence-corrected chi connectivity index (χ3v) is 7.96. The molecular formula is C17H22N6O5S2. The van der Waals surface area contributed by atoms with Crippen molar-refractivity contribution in [2.45, 2.75) is 4.90 Å². The summed E-state index contributed by atoms with van der Waals surface area (Å²) in [5.41, 5.74) is 1.58. The molecule has 0 bridgehead atoms. The van der Waals surface area contributed by atoms with E-state index in [9.17, 15) is 13.2 Å². The molecule has 11 nitrogen and oxygen atoms in total. The lowest BCUT2D eigenvalue weighted by molar-refractivity contribution is 0.0710. The minimum Gasteiger partial charge on any atom is -0.378 e. The van der Waals surface area contributed by atoms with Crippen LogP contribution in [0, 0.1) is 0 Å². The van der Waals surface area contributed by atoms with Gasteiger partial charge in [0.15, 0.2) is 5.13 Å². The van der Waals surface area contributed by atoms with Gasteiger partial charge >= 0.3 is 0 Å². The second-order valence-electron chi connectivity index (χ2n) is 6.79. The quantitative estimate of drug-likeness (QED) is 0.474. The summed E-state index contributed by atoms with van der Waals surface area (Å²) in [5, 5.41) is 9.32. The maximum Gasteiger partial charge on any atom is 0.286 e. The zero-order chi connectivity index (χ0) is 21.1. The van der Waals surface area contributed by atoms with Crippen molar-refractivity contribution >= 4 is 38.2 Å². The fourth-order valence-corrected chi connectivity index (χ4v) is 5.57. The lowest BCUT2D eigenvalue weighted by atomic mass is 10.4. The Morgan fingerprint density at radius 3 is 2.40 bits per heavy atom. The number of aromatic nitrogens is 2. The molecule has 0 spiro atoms. The van der Waals surface area contributed by atoms with Crippen molar-refractivity contribution in [2.75, 3.05) is 62.3 Å². The molecule has 4 heterocycles. The van der Waals surface area contributed by atoms with Gasteiger partial charge < -0.3 is 14.5 Å². The van der Waals surface area contributed by atoms with Gasteiger partial charge in [-0.25, -0.2) is 23.9 Å². The first kappa shape index (κ1) is 20.9. The van der Waals surface area contributed by atoms with Gasteiger partial charge in [-0.05, 0) is 12.1 Å². The fraction of sp³-hybridized carbons (Fsp3) is 0.471. The van der Waals surface area contributed by atoms with E-state index in [2.05, 4.69) is 14.9 Å². The van der Waals surface area contributed by atoms with E-state index in [1.807, 2.05) is 4.90 Å². The first-order valence-corrected chi connectivity index (χ1v) is 11.7. The lowest BCUT2D eigenvalue weighted by Crippen LogP contribution is -2.48. The van der Waals surface area contributed by atoms with Crippen molar-refractivity contribution in [1.82, 2.24) is 19.8 Å². The van der Waals surface area contributed by atoms with E-state index in [0.29, 0.717) is 44.5 Å². The maximum absolute atomic E-state index is 13.0. The number of amides is 1. The van der Waals surface area contributed by atoms with Crippen LogP contribution < -0.4 is 15.3 Å². The van der Waals surface area contributed by atoms with Gasteiger partial charge in [-0.3, -0.25) is 10.0 Å². The van der Waals surface area contributed by atoms with E-state index in [1.165, 1.54) is 16.7 Å². The number of ether oxygens (including phenoxy) is 1. The molecule has 2 aliphatic heterocycles. The highest BCUT2D eigenvalue weighted by Crippen LogP contribution is 2.25. The number of hydrogen-bond acceptors (Lipinski definition) is 10. The van der Waals surface area contributed by atoms with Crippen LogP contribution in [-0.2, 0) is 14.8 Å². The number of hydrogen-bond donors (Lipinski definition) is 2. The zero-order valence-corrected chi connectivity index (χ0v) is 17.7. The standard InChI is InChI=1S/C17H22N6O5S2/c24-16(20-25)14-12-19-17(29-14)22-3-5-23(6-4-22)30(26,27)13-1-2-15(18-11-13)21-7-9-28-10-8-21/h1-2,11-12,25H,3-10H2,(H,20,24). The van der Waals surface area contributed by atoms with Crippen molar-refractivity contribution in [3.63, 3.8) is 0 Å². The molecule has 2 N–H and O–H groups in total. The Hall–Kier alpha value is -2.32. The number of hydroxylamine groups is 1. The van der Waals surface area contributed by atoms with E-state index in [1.54, 1.807) is 17.6 Å². The molecule has 1 amide bonds. The summed E-state index contributed by atoms with van der Waals surface area (Å²) in [6.07, 6.45) is 2.80. The third kappa shape index (κ3) is 4.25. The fourth-order valence-electron chi connectivity index (χ4n) is 3.34. The first-order valence-electron chi connectivity index (χ1n) is 9.43. The number of morpholine rings is 1. The summed E-state index contributed by atoms with van der Waals surface area (Å²) in [6, 6.07) is 3.33. The molecule has 2 saturated heterocycles. The maximum atomic E-state index is 13.0. The number of anilines is 2. The smallest absolute Gasteiger partial charge is 0.286 e. The normalized spacial score (nSPS) is 18.4. The second-order valence-corrected chi connectivity index (χ2v) is 9.74. The van der Waals surface area contributed by atoms with Crippen LogP contribution in [0.3, 0.4) is 0 Å². The van der Waals surface area contributed by atoms with Crippen LogP contribution >= 0.6 is 11.3 Å². The van der Waals surface area contributed by atoms with Crippen molar-refractivity contribution in [3.05, 3.63) is 29.4 Å². The number of nitrogens with zero attached hydrogens (tertiary/aromatic N) is 5. The van der Waals surface area contributed by atoms with Gasteiger partial charge in [0.1, 0.15) is 15.6 Å². The minimum absolute atomic E-state index is 0.170. The van der Waals surface area contributed by atoms with Crippen LogP contribution in [0.4, 0.5) is 10.9 Å². The van der Waals surface area contributed by atoms with Crippen LogP contribution in [0.2, 0.25) is 0 Å². The molecular weight excluding hydrogens is 432 g/mol. The molecule has 162 valence electrons. The van der Waals surface area contributed by atoms with Crippen LogP contribution in [0.5, 0.6) is 0 Å². The molecule has 0 radical (unpaired) electrons. The van der Waals surface area contributed by atoms with Gasteiger partial charge in [0, 0.05) is 45.5 Å². The summed E-state index contributed by atoms with van der Waals surface area (Å²) in [4.78, 5) is 24.4. The van der Waals surface area contributed by atoms with Crippen LogP contribution in [0.1, 0.15) is 9.67 Å². The Morgan fingerprint density at radius 2 is 1.77 bits per heavy atom. The van der Waals surface area contributed by atoms with Crippen LogP contribution in [0.25, 0.3) is 0 Å². The van der Waals surface area contributed by atoms with E-state index in [0.717, 1.165) is 30.2 Å². The number of pyridine rings is 1. The van der Waals surface area contributed by atoms with Gasteiger partial charge in [0.05, 0.1) is 19.4 Å². The number of nitrogens with one attached hydrogen (secondary N) is 1. The zero-order valence-electron chi connectivity index (χ0n) is 16.1. The average molecular weight is 455 g/mol. The molecule has 30 heavy (non-hydrogen) atoms. The highest BCUT2D eigenvalue weighted by molar-refractivity contribution is 7.89. The number of piperazine rings is 1. The predicted molar refractivity (Wildman–Crippen MR) is 110 cm³/mol. The average Bonchev–Trinajstić information content (AvgIpc) is 3.30. The monoisotopic (exact) mass is 454 g/mol. The number of carbonyl (C=O) groups is 1. The van der Waals surface area contributed by atoms with E-state index in [-0.39, 0.29) is 9.77 Å². The molecule has 2 fully saturated rings. The molecule has 2 aromatic rings. The number of rotatable bonds is 5. The predicted octanol–water partition coefficient (Wildman–Crippen LogP) is 0.00460. The Kier molecular flexibility index (Phi) is 6.15. The molecule has 2 aliphatic rings. The van der Waals surface area contributed by atoms with Crippen LogP contribution in [-0.4, -0.2) is 86.3 Å². The van der Waals surface area contributed by atoms with Gasteiger partial charge in [0.2, 0.25) is 10.0 Å². The molecule has 0 unspecified atom stereocenters. The SMILES string of the molecule is O=C(NO)c1cnc(N2CCN(S(=O)(=O)c3ccc(N4CCOCC4)nc3)CC2)s1. The van der Waals surface area contributed by atoms with Crippen molar-refractivity contribution < 1.29 is 23.2 Å². The number of carbonyl (C=O) groups excluding carboxylic acids is 1. The van der Waals surface area contributed by atoms with E-state index >= 15 is 0 Å². The third-order valence-electron chi connectivity index (χ3n) is 5.02. The Balaban J connectivity index is 1.39. The van der Waals surface area contributed by atoms with Gasteiger partial charge in [-0.2, -0.15) is 4.31 Å².